The van der Waals surface area contributed by atoms with E-state index in [1.54, 1.807) is 19.1 Å². The van der Waals surface area contributed by atoms with Crippen LogP contribution < -0.4 is 5.73 Å². The highest BCUT2D eigenvalue weighted by Crippen LogP contribution is 2.55. The van der Waals surface area contributed by atoms with Crippen LogP contribution in [0.25, 0.3) is 0 Å². The van der Waals surface area contributed by atoms with Crippen LogP contribution in [0, 0.1) is 29.6 Å². The number of nitrogens with zero attached hydrogens (tertiary/aromatic N) is 1. The van der Waals surface area contributed by atoms with E-state index in [-0.39, 0.29) is 11.3 Å². The minimum Gasteiger partial charge on any atom is -0.507 e. The van der Waals surface area contributed by atoms with Crippen molar-refractivity contribution in [2.45, 2.75) is 69.1 Å². The van der Waals surface area contributed by atoms with Crippen molar-refractivity contribution in [3.05, 3.63) is 29.3 Å². The Hall–Kier alpha value is -3.44. The lowest BCUT2D eigenvalue weighted by atomic mass is 9.49. The monoisotopic (exact) mass is 568 g/mol. The molecule has 3 saturated carbocycles. The topological polar surface area (TPSA) is 181 Å². The quantitative estimate of drug-likeness (QED) is 0.268. The fourth-order valence-corrected chi connectivity index (χ4v) is 7.81. The molecule has 220 valence electrons. The van der Waals surface area contributed by atoms with Gasteiger partial charge in [-0.3, -0.25) is 33.7 Å². The highest BCUT2D eigenvalue weighted by molar-refractivity contribution is 6.32. The Balaban J connectivity index is 1.72. The maximum Gasteiger partial charge on any atom is 0.309 e. The van der Waals surface area contributed by atoms with Crippen LogP contribution in [-0.2, 0) is 28.7 Å². The number of primary amides is 1. The molecular formula is C30H36N2O9. The maximum atomic E-state index is 14.2. The van der Waals surface area contributed by atoms with Crippen LogP contribution in [0.5, 0.6) is 5.75 Å². The molecule has 5 rings (SSSR count). The number of Topliss-reactive ketones (excluding diaryl/α,β-unsaturated/α-hetero) is 4. The van der Waals surface area contributed by atoms with Crippen LogP contribution in [0.2, 0.25) is 0 Å². The van der Waals surface area contributed by atoms with E-state index in [1.807, 2.05) is 0 Å². The molecule has 4 aliphatic carbocycles. The van der Waals surface area contributed by atoms with Crippen LogP contribution in [0.4, 0.5) is 0 Å². The Morgan fingerprint density at radius 3 is 2.24 bits per heavy atom. The molecular weight excluding hydrogens is 532 g/mol. The molecule has 0 bridgehead atoms. The van der Waals surface area contributed by atoms with Crippen molar-refractivity contribution in [2.24, 2.45) is 35.3 Å². The molecule has 8 atom stereocenters. The number of aromatic hydroxyl groups is 1. The first-order valence-electron chi connectivity index (χ1n) is 14.2. The largest absolute Gasteiger partial charge is 0.507 e. The second-order valence-corrected chi connectivity index (χ2v) is 12.2. The van der Waals surface area contributed by atoms with Crippen LogP contribution in [0.3, 0.4) is 0 Å². The lowest BCUT2D eigenvalue weighted by Crippen LogP contribution is -2.78. The predicted molar refractivity (Wildman–Crippen MR) is 143 cm³/mol. The van der Waals surface area contributed by atoms with E-state index in [2.05, 4.69) is 0 Å². The first-order chi connectivity index (χ1) is 19.3. The molecule has 0 spiro atoms. The fourth-order valence-electron chi connectivity index (χ4n) is 7.81. The highest BCUT2D eigenvalue weighted by Gasteiger charge is 2.74. The number of esters is 1. The lowest BCUT2D eigenvalue weighted by Gasteiger charge is -2.56. The predicted octanol–water partition coefficient (Wildman–Crippen LogP) is 0.920. The first-order valence-corrected chi connectivity index (χ1v) is 14.2. The SMILES string of the molecule is CC1c2cccc(O)c2C(=O)C2C(=O)[C@]3(O)C(=O)C(C(N)=O)C(=O)[C@@H](N(C)C)C3C(OC(=O)C3CCCCCC3)C21. The van der Waals surface area contributed by atoms with Gasteiger partial charge in [-0.1, -0.05) is 44.7 Å². The number of carbonyl (C=O) groups is 6. The van der Waals surface area contributed by atoms with Gasteiger partial charge in [-0.05, 0) is 44.5 Å². The van der Waals surface area contributed by atoms with Crippen molar-refractivity contribution in [3.8, 4) is 5.75 Å². The van der Waals surface area contributed by atoms with Crippen molar-refractivity contribution in [1.82, 2.24) is 4.90 Å². The zero-order valence-corrected chi connectivity index (χ0v) is 23.4. The molecule has 41 heavy (non-hydrogen) atoms. The maximum absolute atomic E-state index is 14.2. The molecule has 0 radical (unpaired) electrons. The summed E-state index contributed by atoms with van der Waals surface area (Å²) in [6, 6.07) is 3.08. The smallest absolute Gasteiger partial charge is 0.309 e. The summed E-state index contributed by atoms with van der Waals surface area (Å²) in [7, 11) is 2.97. The van der Waals surface area contributed by atoms with Gasteiger partial charge in [-0.25, -0.2) is 0 Å². The zero-order valence-electron chi connectivity index (χ0n) is 23.4. The number of benzene rings is 1. The van der Waals surface area contributed by atoms with E-state index in [1.165, 1.54) is 25.1 Å². The summed E-state index contributed by atoms with van der Waals surface area (Å²) in [4.78, 5) is 82.9. The number of ether oxygens (including phenoxy) is 1. The fraction of sp³-hybridized carbons (Fsp3) is 0.600. The van der Waals surface area contributed by atoms with E-state index in [9.17, 15) is 39.0 Å². The van der Waals surface area contributed by atoms with E-state index >= 15 is 0 Å². The van der Waals surface area contributed by atoms with Gasteiger partial charge >= 0.3 is 5.97 Å². The minimum absolute atomic E-state index is 0.111. The molecule has 0 heterocycles. The molecule has 3 fully saturated rings. The van der Waals surface area contributed by atoms with E-state index < -0.39 is 88.3 Å². The van der Waals surface area contributed by atoms with Gasteiger partial charge in [0.05, 0.1) is 29.4 Å². The average Bonchev–Trinajstić information content (AvgIpc) is 3.20. The van der Waals surface area contributed by atoms with Gasteiger partial charge in [0.25, 0.3) is 0 Å². The summed E-state index contributed by atoms with van der Waals surface area (Å²) in [5.74, 6) is -14.1. The van der Waals surface area contributed by atoms with Gasteiger partial charge in [0.15, 0.2) is 34.7 Å². The second-order valence-electron chi connectivity index (χ2n) is 12.2. The standard InChI is InChI=1S/C30H36N2O9/c1-13-15-11-8-12-16(33)18(15)23(34)19-17(13)25(41-29(39)14-9-6-4-5-7-10-14)21-22(32(2)3)24(35)20(28(31)38)27(37)30(21,40)26(19)36/h8,11-14,17,19-22,25,33,40H,4-7,9-10H2,1-3H3,(H2,31,38)/t13?,17?,19?,20?,21?,22-,25?,30-/m0/s1. The number of likely N-dealkylation sites (N-methyl/N-ethyl adjacent to an activating group) is 1. The number of amides is 1. The third kappa shape index (κ3) is 4.23. The van der Waals surface area contributed by atoms with Gasteiger partial charge in [-0.2, -0.15) is 0 Å². The third-order valence-electron chi connectivity index (χ3n) is 9.77. The van der Waals surface area contributed by atoms with Crippen molar-refractivity contribution in [2.75, 3.05) is 14.1 Å². The molecule has 0 aliphatic heterocycles. The third-order valence-corrected chi connectivity index (χ3v) is 9.77. The highest BCUT2D eigenvalue weighted by atomic mass is 16.5. The Morgan fingerprint density at radius 2 is 1.66 bits per heavy atom. The number of phenolic OH excluding ortho intramolecular Hbond substituents is 1. The zero-order chi connectivity index (χ0) is 30.0. The normalized spacial score (nSPS) is 35.8. The number of ketones is 4. The Morgan fingerprint density at radius 1 is 1.02 bits per heavy atom. The van der Waals surface area contributed by atoms with Gasteiger partial charge in [0, 0.05) is 5.92 Å². The van der Waals surface area contributed by atoms with Crippen LogP contribution in [-0.4, -0.2) is 82.0 Å². The van der Waals surface area contributed by atoms with Gasteiger partial charge in [0.1, 0.15) is 11.9 Å². The van der Waals surface area contributed by atoms with E-state index in [0.29, 0.717) is 18.4 Å². The molecule has 0 aromatic heterocycles. The van der Waals surface area contributed by atoms with Crippen LogP contribution in [0.15, 0.2) is 18.2 Å². The van der Waals surface area contributed by atoms with Crippen LogP contribution in [0.1, 0.15) is 67.3 Å². The Bertz CT molecular complexity index is 1330. The molecule has 11 nitrogen and oxygen atoms in total. The minimum atomic E-state index is -3.02. The van der Waals surface area contributed by atoms with Gasteiger partial charge < -0.3 is 20.7 Å². The Labute approximate surface area is 237 Å². The molecule has 11 heteroatoms. The molecule has 1 amide bonds. The van der Waals surface area contributed by atoms with E-state index in [0.717, 1.165) is 25.7 Å². The number of aliphatic hydroxyl groups is 1. The number of hydrogen-bond acceptors (Lipinski definition) is 10. The number of fused-ring (bicyclic) bond motifs is 3. The number of carbonyl (C=O) groups excluding carboxylic acids is 6. The summed E-state index contributed by atoms with van der Waals surface area (Å²) in [5, 5.41) is 22.7. The summed E-state index contributed by atoms with van der Waals surface area (Å²) in [6.07, 6.45) is 3.33. The van der Waals surface area contributed by atoms with Gasteiger partial charge in [0.2, 0.25) is 5.91 Å². The average molecular weight is 569 g/mol. The molecule has 4 aliphatic rings. The molecule has 4 N–H and O–H groups in total. The second kappa shape index (κ2) is 10.4. The van der Waals surface area contributed by atoms with E-state index in [4.69, 9.17) is 10.5 Å². The Kier molecular flexibility index (Phi) is 7.40. The summed E-state index contributed by atoms with van der Waals surface area (Å²) >= 11 is 0. The summed E-state index contributed by atoms with van der Waals surface area (Å²) in [5.41, 5.74) is 2.72. The lowest BCUT2D eigenvalue weighted by molar-refractivity contribution is -0.207. The van der Waals surface area contributed by atoms with Crippen molar-refractivity contribution >= 4 is 35.0 Å². The molecule has 6 unspecified atom stereocenters. The number of hydrogen-bond donors (Lipinski definition) is 3. The first kappa shape index (κ1) is 29.1. The molecule has 0 saturated heterocycles. The summed E-state index contributed by atoms with van der Waals surface area (Å²) in [6.45, 7) is 1.72. The van der Waals surface area contributed by atoms with Crippen molar-refractivity contribution in [1.29, 1.82) is 0 Å². The number of nitrogens with two attached hydrogens (primary N) is 1. The molecule has 1 aromatic carbocycles. The van der Waals surface area contributed by atoms with Gasteiger partial charge in [-0.15, -0.1) is 0 Å². The number of phenols is 1. The number of rotatable bonds is 4. The van der Waals surface area contributed by atoms with Crippen molar-refractivity contribution in [3.63, 3.8) is 0 Å². The molecule has 1 aromatic rings. The summed E-state index contributed by atoms with van der Waals surface area (Å²) < 4.78 is 6.16. The van der Waals surface area contributed by atoms with Crippen molar-refractivity contribution < 1.29 is 43.7 Å². The van der Waals surface area contributed by atoms with Crippen LogP contribution >= 0.6 is 0 Å².